The quantitative estimate of drug-likeness (QED) is 0.152. The Kier molecular flexibility index (Phi) is 8.85. The predicted octanol–water partition coefficient (Wildman–Crippen LogP) is 7.40. The maximum Gasteiger partial charge on any atom is 0.416 e. The average molecular weight is 675 g/mol. The third kappa shape index (κ3) is 7.48. The molecule has 0 saturated carbocycles. The summed E-state index contributed by atoms with van der Waals surface area (Å²) in [6.07, 6.45) is -11.2. The minimum absolute atomic E-state index is 0.00528. The van der Waals surface area contributed by atoms with E-state index in [1.165, 1.54) is 24.5 Å². The minimum Gasteiger partial charge on any atom is -0.330 e. The van der Waals surface area contributed by atoms with Crippen LogP contribution in [0.2, 0.25) is 0 Å². The molecule has 2 aromatic carbocycles. The molecule has 0 aliphatic heterocycles. The third-order valence-electron chi connectivity index (χ3n) is 6.77. The van der Waals surface area contributed by atoms with E-state index >= 15 is 0 Å². The summed E-state index contributed by atoms with van der Waals surface area (Å²) < 4.78 is 125. The number of anilines is 1. The van der Waals surface area contributed by atoms with E-state index in [-0.39, 0.29) is 17.6 Å². The molecule has 0 amide bonds. The third-order valence-corrected chi connectivity index (χ3v) is 7.95. The van der Waals surface area contributed by atoms with Gasteiger partial charge in [-0.15, -0.1) is 16.4 Å². The topological polar surface area (TPSA) is 77.5 Å². The molecule has 0 aliphatic rings. The number of nitrogens with zero attached hydrogens (tertiary/aromatic N) is 8. The zero-order valence-corrected chi connectivity index (χ0v) is 24.7. The molecular formula is C28H23F9N8S. The molecule has 0 radical (unpaired) electrons. The van der Waals surface area contributed by atoms with Gasteiger partial charge in [-0.2, -0.15) is 49.4 Å². The molecule has 0 spiro atoms. The van der Waals surface area contributed by atoms with Gasteiger partial charge >= 0.3 is 18.5 Å². The second kappa shape index (κ2) is 12.4. The fourth-order valence-electron chi connectivity index (χ4n) is 4.72. The van der Waals surface area contributed by atoms with Crippen LogP contribution in [-0.2, 0) is 51.6 Å². The van der Waals surface area contributed by atoms with Crippen LogP contribution in [0.25, 0.3) is 11.3 Å². The van der Waals surface area contributed by atoms with Crippen LogP contribution in [-0.4, -0.2) is 35.0 Å². The summed E-state index contributed by atoms with van der Waals surface area (Å²) >= 11 is 1.34. The first-order valence-electron chi connectivity index (χ1n) is 13.4. The predicted molar refractivity (Wildman–Crippen MR) is 148 cm³/mol. The monoisotopic (exact) mass is 674 g/mol. The van der Waals surface area contributed by atoms with E-state index in [9.17, 15) is 39.5 Å². The van der Waals surface area contributed by atoms with E-state index in [1.54, 1.807) is 23.1 Å². The lowest BCUT2D eigenvalue weighted by atomic mass is 9.99. The van der Waals surface area contributed by atoms with Crippen LogP contribution in [0.5, 0.6) is 0 Å². The standard InChI is InChI=1S/C28H23F9N8S/c1-3-22-24(39-23(46-22)15-45-8-4-7-38-45)21-6-5-18(26(29,30)31)11-17(21)14-44(25-40-42-43(2)41-25)13-16-9-19(27(32,33)34)12-20(10-16)28(35,36)37/h4-12H,3,13-15H2,1-2H3. The molecule has 0 fully saturated rings. The molecule has 0 atom stereocenters. The summed E-state index contributed by atoms with van der Waals surface area (Å²) in [5, 5.41) is 16.3. The molecule has 8 nitrogen and oxygen atoms in total. The molecule has 5 rings (SSSR count). The van der Waals surface area contributed by atoms with E-state index in [4.69, 9.17) is 0 Å². The fraction of sp³-hybridized carbons (Fsp3) is 0.321. The molecule has 0 saturated heterocycles. The molecule has 5 aromatic rings. The number of thiazole rings is 1. The van der Waals surface area contributed by atoms with Crippen LogP contribution in [0.15, 0.2) is 54.9 Å². The number of aryl methyl sites for hydroxylation is 2. The van der Waals surface area contributed by atoms with Crippen molar-refractivity contribution in [3.63, 3.8) is 0 Å². The maximum absolute atomic E-state index is 13.9. The SMILES string of the molecule is CCc1sc(Cn2cccn2)nc1-c1ccc(C(F)(F)F)cc1CN(Cc1cc(C(F)(F)F)cc(C(F)(F)F)c1)c1nnn(C)n1. The fourth-order valence-corrected chi connectivity index (χ4v) is 5.73. The Morgan fingerprint density at radius 2 is 1.52 bits per heavy atom. The molecule has 244 valence electrons. The zero-order chi connectivity index (χ0) is 33.4. The number of aromatic nitrogens is 7. The molecule has 3 aromatic heterocycles. The molecule has 0 unspecified atom stereocenters. The van der Waals surface area contributed by atoms with E-state index in [0.717, 1.165) is 26.7 Å². The normalized spacial score (nSPS) is 12.6. The van der Waals surface area contributed by atoms with Crippen LogP contribution >= 0.6 is 11.3 Å². The highest BCUT2D eigenvalue weighted by Gasteiger charge is 2.37. The van der Waals surface area contributed by atoms with Crippen molar-refractivity contribution in [2.75, 3.05) is 4.90 Å². The van der Waals surface area contributed by atoms with Crippen molar-refractivity contribution < 1.29 is 39.5 Å². The number of hydrogen-bond donors (Lipinski definition) is 0. The van der Waals surface area contributed by atoms with Crippen molar-refractivity contribution >= 4 is 17.3 Å². The van der Waals surface area contributed by atoms with Crippen molar-refractivity contribution in [2.24, 2.45) is 7.05 Å². The van der Waals surface area contributed by atoms with Gasteiger partial charge < -0.3 is 4.90 Å². The first-order valence-corrected chi connectivity index (χ1v) is 14.3. The maximum atomic E-state index is 13.9. The summed E-state index contributed by atoms with van der Waals surface area (Å²) in [5.74, 6) is -0.231. The Hall–Kier alpha value is -4.48. The summed E-state index contributed by atoms with van der Waals surface area (Å²) in [6.45, 7) is 1.07. The number of alkyl halides is 9. The van der Waals surface area contributed by atoms with Gasteiger partial charge in [-0.05, 0) is 59.2 Å². The lowest BCUT2D eigenvalue weighted by Gasteiger charge is -2.24. The van der Waals surface area contributed by atoms with Crippen molar-refractivity contribution in [3.8, 4) is 11.3 Å². The van der Waals surface area contributed by atoms with Gasteiger partial charge in [0.05, 0.1) is 36.0 Å². The van der Waals surface area contributed by atoms with Crippen LogP contribution in [0.3, 0.4) is 0 Å². The molecule has 3 heterocycles. The summed E-state index contributed by atoms with van der Waals surface area (Å²) in [7, 11) is 1.38. The van der Waals surface area contributed by atoms with Crippen molar-refractivity contribution in [3.05, 3.63) is 92.6 Å². The summed E-state index contributed by atoms with van der Waals surface area (Å²) in [4.78, 5) is 7.59. The second-order valence-electron chi connectivity index (χ2n) is 10.2. The van der Waals surface area contributed by atoms with Gasteiger partial charge in [0.1, 0.15) is 5.01 Å². The van der Waals surface area contributed by atoms with Gasteiger partial charge in [-0.1, -0.05) is 18.1 Å². The number of halogens is 9. The first-order chi connectivity index (χ1) is 21.5. The van der Waals surface area contributed by atoms with E-state index in [0.29, 0.717) is 41.4 Å². The molecule has 0 aliphatic carbocycles. The van der Waals surface area contributed by atoms with Crippen molar-refractivity contribution in [1.29, 1.82) is 0 Å². The van der Waals surface area contributed by atoms with Crippen molar-refractivity contribution in [1.82, 2.24) is 35.0 Å². The van der Waals surface area contributed by atoms with E-state index < -0.39 is 53.9 Å². The zero-order valence-electron chi connectivity index (χ0n) is 23.9. The average Bonchev–Trinajstić information content (AvgIpc) is 3.73. The van der Waals surface area contributed by atoms with Crippen molar-refractivity contribution in [2.45, 2.75) is 51.5 Å². The number of rotatable bonds is 9. The van der Waals surface area contributed by atoms with Gasteiger partial charge in [0.2, 0.25) is 0 Å². The Balaban J connectivity index is 1.62. The Labute approximate surface area is 259 Å². The molecule has 46 heavy (non-hydrogen) atoms. The van der Waals surface area contributed by atoms with Crippen LogP contribution in [0, 0.1) is 0 Å². The molecular weight excluding hydrogens is 651 g/mol. The van der Waals surface area contributed by atoms with Gasteiger partial charge in [-0.3, -0.25) is 4.68 Å². The van der Waals surface area contributed by atoms with Crippen LogP contribution < -0.4 is 4.90 Å². The Morgan fingerprint density at radius 3 is 2.07 bits per heavy atom. The highest BCUT2D eigenvalue weighted by molar-refractivity contribution is 7.12. The summed E-state index contributed by atoms with van der Waals surface area (Å²) in [5.41, 5.74) is -3.79. The van der Waals surface area contributed by atoms with Gasteiger partial charge in [0, 0.05) is 35.9 Å². The van der Waals surface area contributed by atoms with E-state index in [1.807, 2.05) is 6.92 Å². The van der Waals surface area contributed by atoms with Gasteiger partial charge in [0.15, 0.2) is 0 Å². The number of benzene rings is 2. The first kappa shape index (κ1) is 32.9. The molecule has 0 bridgehead atoms. The Bertz CT molecular complexity index is 1770. The highest BCUT2D eigenvalue weighted by Crippen LogP contribution is 2.39. The smallest absolute Gasteiger partial charge is 0.330 e. The van der Waals surface area contributed by atoms with Gasteiger partial charge in [0.25, 0.3) is 5.95 Å². The number of tetrazole rings is 1. The molecule has 0 N–H and O–H groups in total. The number of hydrogen-bond acceptors (Lipinski definition) is 7. The largest absolute Gasteiger partial charge is 0.416 e. The van der Waals surface area contributed by atoms with E-state index in [2.05, 4.69) is 25.5 Å². The Morgan fingerprint density at radius 1 is 0.848 bits per heavy atom. The minimum atomic E-state index is -5.10. The summed E-state index contributed by atoms with van der Waals surface area (Å²) in [6, 6.07) is 5.81. The second-order valence-corrected chi connectivity index (χ2v) is 11.3. The van der Waals surface area contributed by atoms with Crippen LogP contribution in [0.4, 0.5) is 45.5 Å². The van der Waals surface area contributed by atoms with Crippen LogP contribution in [0.1, 0.15) is 44.6 Å². The highest BCUT2D eigenvalue weighted by atomic mass is 32.1. The molecule has 18 heteroatoms. The lowest BCUT2D eigenvalue weighted by Crippen LogP contribution is -2.25. The lowest BCUT2D eigenvalue weighted by molar-refractivity contribution is -0.143. The van der Waals surface area contributed by atoms with Gasteiger partial charge in [-0.25, -0.2) is 4.98 Å².